The fraction of sp³-hybridized carbons (Fsp3) is 0.0476. The highest BCUT2D eigenvalue weighted by Crippen LogP contribution is 2.36. The summed E-state index contributed by atoms with van der Waals surface area (Å²) in [7, 11) is 2.04. The Morgan fingerprint density at radius 3 is 2.62 bits per heavy atom. The van der Waals surface area contributed by atoms with Gasteiger partial charge in [-0.15, -0.1) is 0 Å². The molecule has 5 rings (SSSR count). The molecule has 24 heavy (non-hydrogen) atoms. The summed E-state index contributed by atoms with van der Waals surface area (Å²) in [6.07, 6.45) is 0. The topological polar surface area (TPSA) is 41.6 Å². The molecular formula is C21H13N3. The highest BCUT2D eigenvalue weighted by molar-refractivity contribution is 6.19. The number of fused-ring (bicyclic) bond motifs is 6. The number of hydrogen-bond acceptors (Lipinski definition) is 2. The van der Waals surface area contributed by atoms with Gasteiger partial charge in [0.05, 0.1) is 28.2 Å². The fourth-order valence-electron chi connectivity index (χ4n) is 3.69. The molecule has 0 atom stereocenters. The van der Waals surface area contributed by atoms with E-state index in [0.717, 1.165) is 43.6 Å². The van der Waals surface area contributed by atoms with Crippen LogP contribution in [-0.4, -0.2) is 9.55 Å². The van der Waals surface area contributed by atoms with Gasteiger partial charge in [-0.25, -0.2) is 4.98 Å². The van der Waals surface area contributed by atoms with Crippen LogP contribution in [0.3, 0.4) is 0 Å². The summed E-state index contributed by atoms with van der Waals surface area (Å²) in [5, 5.41) is 13.9. The van der Waals surface area contributed by atoms with Crippen LogP contribution >= 0.6 is 0 Å². The maximum absolute atomic E-state index is 9.70. The summed E-state index contributed by atoms with van der Waals surface area (Å²) >= 11 is 0. The van der Waals surface area contributed by atoms with E-state index >= 15 is 0 Å². The first-order valence-corrected chi connectivity index (χ1v) is 7.87. The van der Waals surface area contributed by atoms with Crippen molar-refractivity contribution in [1.82, 2.24) is 9.55 Å². The van der Waals surface area contributed by atoms with Crippen LogP contribution in [0.5, 0.6) is 0 Å². The van der Waals surface area contributed by atoms with Gasteiger partial charge in [0.1, 0.15) is 0 Å². The van der Waals surface area contributed by atoms with Crippen molar-refractivity contribution < 1.29 is 0 Å². The average Bonchev–Trinajstić information content (AvgIpc) is 2.93. The molecule has 0 spiro atoms. The van der Waals surface area contributed by atoms with Crippen LogP contribution in [0.4, 0.5) is 0 Å². The molecule has 0 aliphatic carbocycles. The number of benzene rings is 3. The molecule has 0 bridgehead atoms. The molecular weight excluding hydrogens is 294 g/mol. The second-order valence-corrected chi connectivity index (χ2v) is 6.09. The predicted molar refractivity (Wildman–Crippen MR) is 97.9 cm³/mol. The van der Waals surface area contributed by atoms with Crippen molar-refractivity contribution in [2.24, 2.45) is 7.05 Å². The number of nitriles is 1. The van der Waals surface area contributed by atoms with Crippen molar-refractivity contribution in [3.63, 3.8) is 0 Å². The van der Waals surface area contributed by atoms with Gasteiger partial charge >= 0.3 is 0 Å². The minimum Gasteiger partial charge on any atom is -0.342 e. The lowest BCUT2D eigenvalue weighted by Crippen LogP contribution is -1.92. The molecule has 3 heteroatoms. The van der Waals surface area contributed by atoms with Gasteiger partial charge in [0, 0.05) is 34.1 Å². The van der Waals surface area contributed by atoms with Crippen LogP contribution in [0, 0.1) is 11.3 Å². The van der Waals surface area contributed by atoms with Gasteiger partial charge in [0.2, 0.25) is 0 Å². The Labute approximate surface area is 138 Å². The van der Waals surface area contributed by atoms with Crippen molar-refractivity contribution in [3.8, 4) is 6.07 Å². The Bertz CT molecular complexity index is 1320. The molecule has 3 aromatic carbocycles. The monoisotopic (exact) mass is 307 g/mol. The Morgan fingerprint density at radius 1 is 0.958 bits per heavy atom. The molecule has 2 aromatic heterocycles. The molecule has 0 saturated carbocycles. The molecule has 0 aliphatic rings. The zero-order chi connectivity index (χ0) is 16.3. The summed E-state index contributed by atoms with van der Waals surface area (Å²) in [4.78, 5) is 4.91. The first-order valence-electron chi connectivity index (χ1n) is 7.87. The molecule has 5 aromatic rings. The molecule has 0 saturated heterocycles. The van der Waals surface area contributed by atoms with E-state index in [-0.39, 0.29) is 0 Å². The first-order chi connectivity index (χ1) is 11.8. The third-order valence-corrected chi connectivity index (χ3v) is 4.77. The lowest BCUT2D eigenvalue weighted by Gasteiger charge is -2.06. The average molecular weight is 307 g/mol. The molecule has 3 nitrogen and oxygen atoms in total. The van der Waals surface area contributed by atoms with Gasteiger partial charge < -0.3 is 4.57 Å². The van der Waals surface area contributed by atoms with E-state index in [2.05, 4.69) is 34.9 Å². The molecule has 0 aliphatic heterocycles. The van der Waals surface area contributed by atoms with Gasteiger partial charge in [-0.05, 0) is 24.3 Å². The van der Waals surface area contributed by atoms with E-state index in [1.54, 1.807) is 0 Å². The Balaban J connectivity index is 2.14. The maximum atomic E-state index is 9.70. The molecule has 0 N–H and O–H groups in total. The zero-order valence-electron chi connectivity index (χ0n) is 13.1. The third-order valence-electron chi connectivity index (χ3n) is 4.77. The summed E-state index contributed by atoms with van der Waals surface area (Å²) in [6, 6.07) is 22.8. The van der Waals surface area contributed by atoms with Crippen LogP contribution in [0.15, 0.2) is 60.7 Å². The quantitative estimate of drug-likeness (QED) is 0.382. The van der Waals surface area contributed by atoms with Gasteiger partial charge in [0.15, 0.2) is 0 Å². The van der Waals surface area contributed by atoms with Crippen molar-refractivity contribution in [2.75, 3.05) is 0 Å². The van der Waals surface area contributed by atoms with Crippen molar-refractivity contribution in [3.05, 3.63) is 66.2 Å². The van der Waals surface area contributed by atoms with E-state index in [4.69, 9.17) is 4.98 Å². The number of hydrogen-bond donors (Lipinski definition) is 0. The number of nitrogens with zero attached hydrogens (tertiary/aromatic N) is 3. The number of aromatic nitrogens is 2. The van der Waals surface area contributed by atoms with Crippen LogP contribution in [0.1, 0.15) is 5.56 Å². The minimum atomic E-state index is 0.700. The van der Waals surface area contributed by atoms with Crippen molar-refractivity contribution >= 4 is 43.6 Å². The third kappa shape index (κ3) is 1.57. The summed E-state index contributed by atoms with van der Waals surface area (Å²) in [5.41, 5.74) is 4.76. The Kier molecular flexibility index (Phi) is 2.49. The van der Waals surface area contributed by atoms with Crippen molar-refractivity contribution in [1.29, 1.82) is 5.26 Å². The first kappa shape index (κ1) is 13.1. The SMILES string of the molecule is Cn1c2ccccc2c2c(C#N)cc3cc4ccccc4nc3c21. The van der Waals surface area contributed by atoms with E-state index in [9.17, 15) is 5.26 Å². The molecule has 0 radical (unpaired) electrons. The summed E-state index contributed by atoms with van der Waals surface area (Å²) < 4.78 is 2.15. The summed E-state index contributed by atoms with van der Waals surface area (Å²) in [6.45, 7) is 0. The van der Waals surface area contributed by atoms with Crippen LogP contribution < -0.4 is 0 Å². The molecule has 0 fully saturated rings. The van der Waals surface area contributed by atoms with Gasteiger partial charge in [0.25, 0.3) is 0 Å². The number of para-hydroxylation sites is 2. The van der Waals surface area contributed by atoms with Crippen LogP contribution in [-0.2, 0) is 7.05 Å². The van der Waals surface area contributed by atoms with Crippen molar-refractivity contribution in [2.45, 2.75) is 0 Å². The Hall–Kier alpha value is -3.38. The Morgan fingerprint density at radius 2 is 1.75 bits per heavy atom. The standard InChI is InChI=1S/C21H13N3/c1-24-18-9-5-3-7-16(18)19-15(12-22)11-14-10-13-6-2-4-8-17(13)23-20(14)21(19)24/h2-11H,1H3. The van der Waals surface area contributed by atoms with Crippen LogP contribution in [0.2, 0.25) is 0 Å². The minimum absolute atomic E-state index is 0.700. The van der Waals surface area contributed by atoms with Crippen LogP contribution in [0.25, 0.3) is 43.6 Å². The van der Waals surface area contributed by atoms with E-state index in [1.165, 1.54) is 0 Å². The van der Waals surface area contributed by atoms with E-state index < -0.39 is 0 Å². The maximum Gasteiger partial charge on any atom is 0.0999 e. The largest absolute Gasteiger partial charge is 0.342 e. The lowest BCUT2D eigenvalue weighted by molar-refractivity contribution is 1.02. The molecule has 0 amide bonds. The zero-order valence-corrected chi connectivity index (χ0v) is 13.1. The highest BCUT2D eigenvalue weighted by atomic mass is 15.0. The number of rotatable bonds is 0. The fourth-order valence-corrected chi connectivity index (χ4v) is 3.69. The second-order valence-electron chi connectivity index (χ2n) is 6.09. The number of aryl methyl sites for hydroxylation is 1. The predicted octanol–water partition coefficient (Wildman–Crippen LogP) is 4.90. The lowest BCUT2D eigenvalue weighted by atomic mass is 10.0. The van der Waals surface area contributed by atoms with Gasteiger partial charge in [-0.2, -0.15) is 5.26 Å². The van der Waals surface area contributed by atoms with E-state index in [1.807, 2.05) is 43.4 Å². The number of pyridine rings is 1. The summed E-state index contributed by atoms with van der Waals surface area (Å²) in [5.74, 6) is 0. The van der Waals surface area contributed by atoms with E-state index in [0.29, 0.717) is 5.56 Å². The van der Waals surface area contributed by atoms with Gasteiger partial charge in [-0.1, -0.05) is 36.4 Å². The normalized spacial score (nSPS) is 11.5. The van der Waals surface area contributed by atoms with Gasteiger partial charge in [-0.3, -0.25) is 0 Å². The molecule has 0 unspecified atom stereocenters. The molecule has 112 valence electrons. The second kappa shape index (κ2) is 4.56. The smallest absolute Gasteiger partial charge is 0.0999 e. The highest BCUT2D eigenvalue weighted by Gasteiger charge is 2.16. The molecule has 2 heterocycles.